The zero-order valence-corrected chi connectivity index (χ0v) is 23.4. The third kappa shape index (κ3) is 6.37. The van der Waals surface area contributed by atoms with E-state index in [1.54, 1.807) is 12.1 Å². The third-order valence-corrected chi connectivity index (χ3v) is 9.19. The Morgan fingerprint density at radius 3 is 2.58 bits per heavy atom. The van der Waals surface area contributed by atoms with Crippen molar-refractivity contribution >= 4 is 61.1 Å². The van der Waals surface area contributed by atoms with Crippen LogP contribution in [0, 0.1) is 0 Å². The average molecular weight is 605 g/mol. The first-order chi connectivity index (χ1) is 19.2. The summed E-state index contributed by atoms with van der Waals surface area (Å²) in [5, 5.41) is 17.6. The lowest BCUT2D eigenvalue weighted by Gasteiger charge is -2.26. The molecule has 4 aromatic rings. The smallest absolute Gasteiger partial charge is 0.333 e. The zero-order chi connectivity index (χ0) is 28.3. The number of nitrogens with zero attached hydrogens (tertiary/aromatic N) is 3. The zero-order valence-electron chi connectivity index (χ0n) is 21.0. The van der Waals surface area contributed by atoms with Gasteiger partial charge in [-0.25, -0.2) is 27.5 Å². The number of carbonyl (C=O) groups excluding carboxylic acids is 1. The number of rotatable bonds is 8. The fourth-order valence-corrected chi connectivity index (χ4v) is 6.58. The molecule has 1 fully saturated rings. The highest BCUT2D eigenvalue weighted by atomic mass is 35.5. The quantitative estimate of drug-likeness (QED) is 0.237. The number of benzene rings is 1. The fourth-order valence-electron chi connectivity index (χ4n) is 4.19. The summed E-state index contributed by atoms with van der Waals surface area (Å²) in [4.78, 5) is 31.6. The van der Waals surface area contributed by atoms with Crippen molar-refractivity contribution in [3.05, 3.63) is 69.4 Å². The number of carbonyl (C=O) groups is 1. The molecule has 0 bridgehead atoms. The SMILES string of the molecule is O=C(Nc1ccc(-n2c(O)c3ccc(NCCN4CCOCC4)cc3cc2=O)nc1)NS(=O)(=O)c1ccc(Cl)s1. The molecule has 210 valence electrons. The van der Waals surface area contributed by atoms with Gasteiger partial charge in [0.15, 0.2) is 0 Å². The van der Waals surface area contributed by atoms with Crippen LogP contribution in [0.2, 0.25) is 4.34 Å². The van der Waals surface area contributed by atoms with Crippen LogP contribution < -0.4 is 20.9 Å². The number of ether oxygens (including phenoxy) is 1. The van der Waals surface area contributed by atoms with Crippen LogP contribution in [0.5, 0.6) is 5.88 Å². The minimum atomic E-state index is -4.09. The van der Waals surface area contributed by atoms with Gasteiger partial charge in [0.25, 0.3) is 15.6 Å². The first-order valence-corrected chi connectivity index (χ1v) is 14.9. The van der Waals surface area contributed by atoms with Gasteiger partial charge in [-0.05, 0) is 47.9 Å². The molecule has 1 aliphatic heterocycles. The number of amides is 2. The second kappa shape index (κ2) is 11.8. The van der Waals surface area contributed by atoms with Crippen LogP contribution >= 0.6 is 22.9 Å². The van der Waals surface area contributed by atoms with Crippen LogP contribution in [0.25, 0.3) is 16.6 Å². The summed E-state index contributed by atoms with van der Waals surface area (Å²) in [5.74, 6) is -0.169. The van der Waals surface area contributed by atoms with Crippen molar-refractivity contribution in [3.63, 3.8) is 0 Å². The fraction of sp³-hybridized carbons (Fsp3) is 0.240. The summed E-state index contributed by atoms with van der Waals surface area (Å²) in [6.45, 7) is 4.87. The van der Waals surface area contributed by atoms with E-state index in [4.69, 9.17) is 16.3 Å². The third-order valence-electron chi connectivity index (χ3n) is 6.14. The molecule has 4 N–H and O–H groups in total. The number of fused-ring (bicyclic) bond motifs is 1. The first kappa shape index (κ1) is 27.9. The monoisotopic (exact) mass is 604 g/mol. The number of halogens is 1. The molecule has 0 saturated carbocycles. The Kier molecular flexibility index (Phi) is 8.23. The lowest BCUT2D eigenvalue weighted by Crippen LogP contribution is -2.38. The van der Waals surface area contributed by atoms with Crippen molar-refractivity contribution in [1.29, 1.82) is 0 Å². The predicted octanol–water partition coefficient (Wildman–Crippen LogP) is 3.06. The summed E-state index contributed by atoms with van der Waals surface area (Å²) in [7, 11) is -4.09. The minimum absolute atomic E-state index is 0.108. The number of urea groups is 1. The Balaban J connectivity index is 1.26. The second-order valence-electron chi connectivity index (χ2n) is 8.85. The molecule has 0 spiro atoms. The van der Waals surface area contributed by atoms with Crippen LogP contribution in [-0.2, 0) is 14.8 Å². The van der Waals surface area contributed by atoms with Gasteiger partial charge in [-0.2, -0.15) is 0 Å². The van der Waals surface area contributed by atoms with Crippen molar-refractivity contribution in [2.24, 2.45) is 0 Å². The Hall–Kier alpha value is -3.69. The van der Waals surface area contributed by atoms with Crippen LogP contribution in [-0.4, -0.2) is 73.4 Å². The van der Waals surface area contributed by atoms with E-state index < -0.39 is 21.6 Å². The molecule has 12 nitrogen and oxygen atoms in total. The van der Waals surface area contributed by atoms with Gasteiger partial charge in [0.05, 0.1) is 29.4 Å². The molecule has 1 aliphatic rings. The number of aromatic nitrogens is 2. The van der Waals surface area contributed by atoms with Crippen molar-refractivity contribution in [2.75, 3.05) is 50.0 Å². The first-order valence-electron chi connectivity index (χ1n) is 12.2. The van der Waals surface area contributed by atoms with Crippen LogP contribution in [0.1, 0.15) is 0 Å². The molecular weight excluding hydrogens is 580 g/mol. The Labute approximate surface area is 238 Å². The van der Waals surface area contributed by atoms with Gasteiger partial charge < -0.3 is 20.5 Å². The van der Waals surface area contributed by atoms with Gasteiger partial charge in [0.2, 0.25) is 5.88 Å². The summed E-state index contributed by atoms with van der Waals surface area (Å²) in [6.07, 6.45) is 1.24. The lowest BCUT2D eigenvalue weighted by atomic mass is 10.1. The Morgan fingerprint density at radius 2 is 1.88 bits per heavy atom. The summed E-state index contributed by atoms with van der Waals surface area (Å²) < 4.78 is 33.0. The van der Waals surface area contributed by atoms with Gasteiger partial charge in [-0.1, -0.05) is 11.6 Å². The van der Waals surface area contributed by atoms with E-state index in [1.165, 1.54) is 36.5 Å². The maximum Gasteiger partial charge on any atom is 0.333 e. The number of sulfonamides is 1. The number of nitrogens with one attached hydrogen (secondary N) is 3. The number of anilines is 2. The number of thiophene rings is 1. The second-order valence-corrected chi connectivity index (χ2v) is 12.5. The molecule has 0 radical (unpaired) electrons. The Bertz CT molecular complexity index is 1700. The van der Waals surface area contributed by atoms with Crippen LogP contribution in [0.15, 0.2) is 63.7 Å². The lowest BCUT2D eigenvalue weighted by molar-refractivity contribution is 0.0398. The highest BCUT2D eigenvalue weighted by molar-refractivity contribution is 7.92. The van der Waals surface area contributed by atoms with E-state index in [0.717, 1.165) is 61.0 Å². The number of hydrogen-bond donors (Lipinski definition) is 4. The van der Waals surface area contributed by atoms with Crippen molar-refractivity contribution in [2.45, 2.75) is 4.21 Å². The summed E-state index contributed by atoms with van der Waals surface area (Å²) in [6, 6.07) is 11.3. The van der Waals surface area contributed by atoms with Gasteiger partial charge in [0.1, 0.15) is 10.0 Å². The molecule has 3 aromatic heterocycles. The van der Waals surface area contributed by atoms with Crippen molar-refractivity contribution in [3.8, 4) is 11.7 Å². The van der Waals surface area contributed by atoms with E-state index in [-0.39, 0.29) is 25.9 Å². The molecule has 15 heteroatoms. The molecule has 0 aliphatic carbocycles. The maximum absolute atomic E-state index is 12.9. The van der Waals surface area contributed by atoms with E-state index in [1.807, 2.05) is 10.8 Å². The average Bonchev–Trinajstić information content (AvgIpc) is 3.37. The van der Waals surface area contributed by atoms with E-state index in [2.05, 4.69) is 20.5 Å². The van der Waals surface area contributed by atoms with Crippen LogP contribution in [0.4, 0.5) is 16.2 Å². The number of hydrogen-bond acceptors (Lipinski definition) is 10. The standard InChI is InChI=1S/C25H25ClN6O6S2/c26-20-4-6-23(39-20)40(36,37)30-25(35)29-18-2-5-21(28-15-18)32-22(33)14-16-13-17(1-3-19(16)24(32)34)27-7-8-31-9-11-38-12-10-31/h1-6,13-15,27,34H,7-12H2,(H2,29,30,35). The topological polar surface area (TPSA) is 155 Å². The molecule has 2 amide bonds. The number of morpholine rings is 1. The van der Waals surface area contributed by atoms with E-state index >= 15 is 0 Å². The van der Waals surface area contributed by atoms with Gasteiger partial charge in [-0.15, -0.1) is 11.3 Å². The normalized spacial score (nSPS) is 14.2. The Morgan fingerprint density at radius 1 is 1.10 bits per heavy atom. The minimum Gasteiger partial charge on any atom is -0.494 e. The molecule has 5 rings (SSSR count). The van der Waals surface area contributed by atoms with Gasteiger partial charge in [0, 0.05) is 43.3 Å². The molecule has 0 unspecified atom stereocenters. The van der Waals surface area contributed by atoms with Gasteiger partial charge in [-0.3, -0.25) is 9.69 Å². The number of aromatic hydroxyl groups is 1. The van der Waals surface area contributed by atoms with Crippen molar-refractivity contribution in [1.82, 2.24) is 19.2 Å². The van der Waals surface area contributed by atoms with Crippen LogP contribution in [0.3, 0.4) is 0 Å². The highest BCUT2D eigenvalue weighted by Gasteiger charge is 2.20. The van der Waals surface area contributed by atoms with Gasteiger partial charge >= 0.3 is 6.03 Å². The molecule has 40 heavy (non-hydrogen) atoms. The van der Waals surface area contributed by atoms with E-state index in [0.29, 0.717) is 10.8 Å². The highest BCUT2D eigenvalue weighted by Crippen LogP contribution is 2.28. The van der Waals surface area contributed by atoms with E-state index in [9.17, 15) is 23.1 Å². The molecule has 0 atom stereocenters. The summed E-state index contributed by atoms with van der Waals surface area (Å²) >= 11 is 6.58. The number of pyridine rings is 2. The molecule has 4 heterocycles. The largest absolute Gasteiger partial charge is 0.494 e. The maximum atomic E-state index is 12.9. The van der Waals surface area contributed by atoms with Crippen molar-refractivity contribution < 1.29 is 23.1 Å². The summed E-state index contributed by atoms with van der Waals surface area (Å²) in [5.41, 5.74) is 0.497. The predicted molar refractivity (Wildman–Crippen MR) is 153 cm³/mol. The molecule has 1 saturated heterocycles. The molecule has 1 aromatic carbocycles. The molecular formula is C25H25ClN6O6S2.